The van der Waals surface area contributed by atoms with Gasteiger partial charge in [0.05, 0.1) is 19.9 Å². The van der Waals surface area contributed by atoms with E-state index in [1.54, 1.807) is 18.0 Å². The lowest BCUT2D eigenvalue weighted by Crippen LogP contribution is -2.03. The highest BCUT2D eigenvalue weighted by atomic mass is 32.1. The Labute approximate surface area is 169 Å². The molecule has 0 bridgehead atoms. The fourth-order valence-corrected chi connectivity index (χ4v) is 2.91. The normalized spacial score (nSPS) is 11.3. The molecule has 0 unspecified atom stereocenters. The van der Waals surface area contributed by atoms with Crippen LogP contribution in [0.1, 0.15) is 36.7 Å². The molecule has 0 saturated carbocycles. The first-order valence-corrected chi connectivity index (χ1v) is 9.55. The van der Waals surface area contributed by atoms with Crippen molar-refractivity contribution in [2.75, 3.05) is 13.7 Å². The van der Waals surface area contributed by atoms with E-state index in [9.17, 15) is 0 Å². The third-order valence-corrected chi connectivity index (χ3v) is 4.46. The molecule has 0 saturated heterocycles. The van der Waals surface area contributed by atoms with Crippen molar-refractivity contribution in [2.45, 2.75) is 26.2 Å². The summed E-state index contributed by atoms with van der Waals surface area (Å²) >= 11 is 5.25. The Bertz CT molecular complexity index is 993. The monoisotopic (exact) mass is 396 g/mol. The van der Waals surface area contributed by atoms with E-state index in [2.05, 4.69) is 27.4 Å². The van der Waals surface area contributed by atoms with Crippen molar-refractivity contribution in [3.8, 4) is 11.5 Å². The predicted octanol–water partition coefficient (Wildman–Crippen LogP) is 4.58. The van der Waals surface area contributed by atoms with Gasteiger partial charge in [0.25, 0.3) is 0 Å². The number of aromatic amines is 1. The van der Waals surface area contributed by atoms with Crippen LogP contribution >= 0.6 is 12.2 Å². The molecule has 146 valence electrons. The summed E-state index contributed by atoms with van der Waals surface area (Å²) in [4.78, 5) is 0. The second kappa shape index (κ2) is 9.32. The number of nitrogens with one attached hydrogen (secondary N) is 1. The average Bonchev–Trinajstić information content (AvgIpc) is 3.08. The highest BCUT2D eigenvalue weighted by Gasteiger charge is 2.09. The van der Waals surface area contributed by atoms with Gasteiger partial charge < -0.3 is 9.47 Å². The van der Waals surface area contributed by atoms with E-state index >= 15 is 0 Å². The van der Waals surface area contributed by atoms with Crippen molar-refractivity contribution < 1.29 is 9.47 Å². The molecule has 0 atom stereocenters. The second-order valence-electron chi connectivity index (χ2n) is 6.59. The number of H-pyrrole nitrogens is 1. The van der Waals surface area contributed by atoms with E-state index < -0.39 is 0 Å². The third kappa shape index (κ3) is 4.86. The van der Waals surface area contributed by atoms with Gasteiger partial charge in [0, 0.05) is 12.3 Å². The van der Waals surface area contributed by atoms with Crippen LogP contribution in [0.25, 0.3) is 0 Å². The molecule has 0 radical (unpaired) electrons. The van der Waals surface area contributed by atoms with Crippen LogP contribution in [0.5, 0.6) is 11.5 Å². The number of rotatable bonds is 8. The molecule has 0 aliphatic carbocycles. The van der Waals surface area contributed by atoms with Crippen LogP contribution in [-0.2, 0) is 6.42 Å². The van der Waals surface area contributed by atoms with Crippen molar-refractivity contribution in [1.82, 2.24) is 14.9 Å². The van der Waals surface area contributed by atoms with Gasteiger partial charge >= 0.3 is 0 Å². The first-order chi connectivity index (χ1) is 13.6. The molecule has 7 heteroatoms. The molecule has 0 aliphatic rings. The quantitative estimate of drug-likeness (QED) is 0.447. The number of hydrogen-bond acceptors (Lipinski definition) is 5. The number of nitrogens with zero attached hydrogens (tertiary/aromatic N) is 3. The Morgan fingerprint density at radius 2 is 1.96 bits per heavy atom. The van der Waals surface area contributed by atoms with Gasteiger partial charge in [-0.1, -0.05) is 44.2 Å². The molecule has 28 heavy (non-hydrogen) atoms. The summed E-state index contributed by atoms with van der Waals surface area (Å²) in [6.45, 7) is 4.67. The zero-order chi connectivity index (χ0) is 19.9. The first-order valence-electron chi connectivity index (χ1n) is 9.15. The Balaban J connectivity index is 1.71. The maximum atomic E-state index is 5.90. The van der Waals surface area contributed by atoms with Crippen LogP contribution < -0.4 is 9.47 Å². The van der Waals surface area contributed by atoms with Gasteiger partial charge in [0.1, 0.15) is 0 Å². The van der Waals surface area contributed by atoms with E-state index in [4.69, 9.17) is 21.7 Å². The number of methoxy groups -OCH3 is 1. The minimum Gasteiger partial charge on any atom is -0.493 e. The summed E-state index contributed by atoms with van der Waals surface area (Å²) in [5, 5.41) is 11.5. The molecule has 0 spiro atoms. The van der Waals surface area contributed by atoms with Gasteiger partial charge in [0.15, 0.2) is 17.3 Å². The molecule has 3 aromatic rings. The van der Waals surface area contributed by atoms with E-state index in [1.807, 2.05) is 50.2 Å². The summed E-state index contributed by atoms with van der Waals surface area (Å²) in [6, 6.07) is 16.0. The predicted molar refractivity (Wildman–Crippen MR) is 113 cm³/mol. The largest absolute Gasteiger partial charge is 0.493 e. The molecular weight excluding hydrogens is 372 g/mol. The highest BCUT2D eigenvalue weighted by molar-refractivity contribution is 7.71. The second-order valence-corrected chi connectivity index (χ2v) is 6.98. The van der Waals surface area contributed by atoms with Crippen LogP contribution in [0.3, 0.4) is 0 Å². The maximum Gasteiger partial charge on any atom is 0.216 e. The smallest absolute Gasteiger partial charge is 0.216 e. The van der Waals surface area contributed by atoms with Crippen molar-refractivity contribution in [1.29, 1.82) is 0 Å². The number of aromatic nitrogens is 3. The SMILES string of the molecule is COc1cc(C=Nn2c(C(C)C)n[nH]c2=S)ccc1OCCc1ccccc1. The van der Waals surface area contributed by atoms with Crippen molar-refractivity contribution in [2.24, 2.45) is 5.10 Å². The number of hydrogen-bond donors (Lipinski definition) is 1. The molecule has 1 N–H and O–H groups in total. The standard InChI is InChI=1S/C21H24N4O2S/c1-15(2)20-23-24-21(28)25(20)22-14-17-9-10-18(19(13-17)26-3)27-12-11-16-7-5-4-6-8-16/h4-10,13-15H,11-12H2,1-3H3,(H,24,28). The lowest BCUT2D eigenvalue weighted by atomic mass is 10.2. The Morgan fingerprint density at radius 1 is 1.18 bits per heavy atom. The van der Waals surface area contributed by atoms with E-state index in [0.29, 0.717) is 22.9 Å². The maximum absolute atomic E-state index is 5.90. The van der Waals surface area contributed by atoms with Crippen LogP contribution in [0.4, 0.5) is 0 Å². The molecule has 2 aromatic carbocycles. The summed E-state index contributed by atoms with van der Waals surface area (Å²) in [5.41, 5.74) is 2.12. The van der Waals surface area contributed by atoms with Crippen LogP contribution in [0.2, 0.25) is 0 Å². The number of ether oxygens (including phenoxy) is 2. The van der Waals surface area contributed by atoms with Crippen LogP contribution in [0, 0.1) is 4.77 Å². The molecule has 1 aromatic heterocycles. The fraction of sp³-hybridized carbons (Fsp3) is 0.286. The van der Waals surface area contributed by atoms with Gasteiger partial charge in [-0.15, -0.1) is 0 Å². The van der Waals surface area contributed by atoms with Crippen LogP contribution in [-0.4, -0.2) is 34.8 Å². The summed E-state index contributed by atoms with van der Waals surface area (Å²) in [5.74, 6) is 2.37. The first kappa shape index (κ1) is 19.8. The lowest BCUT2D eigenvalue weighted by Gasteiger charge is -2.11. The van der Waals surface area contributed by atoms with Gasteiger partial charge in [0.2, 0.25) is 4.77 Å². The highest BCUT2D eigenvalue weighted by Crippen LogP contribution is 2.27. The minimum absolute atomic E-state index is 0.208. The van der Waals surface area contributed by atoms with Gasteiger partial charge in [-0.2, -0.15) is 14.9 Å². The van der Waals surface area contributed by atoms with Gasteiger partial charge in [-0.3, -0.25) is 5.10 Å². The minimum atomic E-state index is 0.208. The van der Waals surface area contributed by atoms with Crippen LogP contribution in [0.15, 0.2) is 53.6 Å². The molecule has 0 fully saturated rings. The fourth-order valence-electron chi connectivity index (χ4n) is 2.72. The van der Waals surface area contributed by atoms with E-state index in [-0.39, 0.29) is 5.92 Å². The summed E-state index contributed by atoms with van der Waals surface area (Å²) in [7, 11) is 1.63. The van der Waals surface area contributed by atoms with Gasteiger partial charge in [-0.05, 0) is 41.5 Å². The average molecular weight is 397 g/mol. The topological polar surface area (TPSA) is 64.4 Å². The Kier molecular flexibility index (Phi) is 6.60. The molecule has 0 amide bonds. The van der Waals surface area contributed by atoms with Gasteiger partial charge in [-0.25, -0.2) is 0 Å². The Hall–Kier alpha value is -2.93. The molecular formula is C21H24N4O2S. The molecule has 0 aliphatic heterocycles. The molecule has 3 rings (SSSR count). The van der Waals surface area contributed by atoms with Crippen molar-refractivity contribution in [3.05, 3.63) is 70.3 Å². The van der Waals surface area contributed by atoms with Crippen molar-refractivity contribution in [3.63, 3.8) is 0 Å². The number of benzene rings is 2. The summed E-state index contributed by atoms with van der Waals surface area (Å²) < 4.78 is 13.5. The zero-order valence-corrected chi connectivity index (χ0v) is 17.1. The van der Waals surface area contributed by atoms with E-state index in [1.165, 1.54) is 5.56 Å². The molecule has 1 heterocycles. The van der Waals surface area contributed by atoms with Crippen molar-refractivity contribution >= 4 is 18.4 Å². The summed E-state index contributed by atoms with van der Waals surface area (Å²) in [6.07, 6.45) is 2.57. The van der Waals surface area contributed by atoms with E-state index in [0.717, 1.165) is 17.8 Å². The zero-order valence-electron chi connectivity index (χ0n) is 16.3. The molecule has 6 nitrogen and oxygen atoms in total. The third-order valence-electron chi connectivity index (χ3n) is 4.19. The Morgan fingerprint density at radius 3 is 2.68 bits per heavy atom. The lowest BCUT2D eigenvalue weighted by molar-refractivity contribution is 0.297.